The van der Waals surface area contributed by atoms with Gasteiger partial charge in [0.25, 0.3) is 0 Å². The molecule has 2 aromatic rings. The molecule has 21 heavy (non-hydrogen) atoms. The maximum atomic E-state index is 12.4. The zero-order valence-electron chi connectivity index (χ0n) is 10.4. The summed E-state index contributed by atoms with van der Waals surface area (Å²) in [6.45, 7) is 0. The molecule has 7 heteroatoms. The standard InChI is InChI=1S/C14H7ClIN3O2/c15-10-12(19-8-3-1-7(16)2-4-8)13(20)9-5-17-6-18-11(9)14(10)21/h1-6,19H. The summed E-state index contributed by atoms with van der Waals surface area (Å²) in [6, 6.07) is 7.36. The summed E-state index contributed by atoms with van der Waals surface area (Å²) in [4.78, 5) is 32.2. The Morgan fingerprint density at radius 3 is 2.52 bits per heavy atom. The lowest BCUT2D eigenvalue weighted by Gasteiger charge is -2.17. The zero-order chi connectivity index (χ0) is 15.0. The monoisotopic (exact) mass is 411 g/mol. The van der Waals surface area contributed by atoms with Gasteiger partial charge in [-0.25, -0.2) is 9.97 Å². The summed E-state index contributed by atoms with van der Waals surface area (Å²) in [7, 11) is 0. The van der Waals surface area contributed by atoms with E-state index in [4.69, 9.17) is 11.6 Å². The molecule has 3 rings (SSSR count). The predicted molar refractivity (Wildman–Crippen MR) is 86.4 cm³/mol. The third-order valence-electron chi connectivity index (χ3n) is 2.93. The van der Waals surface area contributed by atoms with Crippen LogP contribution in [0.1, 0.15) is 20.8 Å². The van der Waals surface area contributed by atoms with Crippen molar-refractivity contribution in [3.05, 3.63) is 62.3 Å². The number of hydrogen-bond donors (Lipinski definition) is 1. The van der Waals surface area contributed by atoms with Crippen molar-refractivity contribution in [3.63, 3.8) is 0 Å². The van der Waals surface area contributed by atoms with E-state index in [-0.39, 0.29) is 22.0 Å². The molecule has 1 heterocycles. The number of aromatic nitrogens is 2. The van der Waals surface area contributed by atoms with Crippen molar-refractivity contribution in [1.82, 2.24) is 9.97 Å². The molecule has 0 amide bonds. The van der Waals surface area contributed by atoms with Crippen LogP contribution in [0.2, 0.25) is 0 Å². The predicted octanol–water partition coefficient (Wildman–Crippen LogP) is 3.02. The van der Waals surface area contributed by atoms with Gasteiger partial charge in [-0.15, -0.1) is 0 Å². The highest BCUT2D eigenvalue weighted by molar-refractivity contribution is 14.1. The Bertz CT molecular complexity index is 787. The number of Topliss-reactive ketones (excluding diaryl/α,β-unsaturated/α-hetero) is 2. The Morgan fingerprint density at radius 1 is 1.10 bits per heavy atom. The maximum absolute atomic E-state index is 12.4. The van der Waals surface area contributed by atoms with Crippen LogP contribution in [0.4, 0.5) is 5.69 Å². The molecule has 0 saturated carbocycles. The summed E-state index contributed by atoms with van der Waals surface area (Å²) in [5.41, 5.74) is 0.906. The first-order chi connectivity index (χ1) is 10.1. The summed E-state index contributed by atoms with van der Waals surface area (Å²) in [5.74, 6) is -0.879. The minimum Gasteiger partial charge on any atom is -0.351 e. The van der Waals surface area contributed by atoms with E-state index in [1.54, 1.807) is 12.1 Å². The molecule has 5 nitrogen and oxygen atoms in total. The third kappa shape index (κ3) is 2.56. The molecule has 104 valence electrons. The number of halogens is 2. The molecule has 1 aliphatic rings. The van der Waals surface area contributed by atoms with Gasteiger partial charge in [-0.3, -0.25) is 9.59 Å². The SMILES string of the molecule is O=C1C(Nc2ccc(I)cc2)=C(Cl)C(=O)c2ncncc21. The molecular formula is C14H7ClIN3O2. The third-order valence-corrected chi connectivity index (χ3v) is 4.01. The van der Waals surface area contributed by atoms with Crippen LogP contribution in [0.5, 0.6) is 0 Å². The number of benzene rings is 1. The van der Waals surface area contributed by atoms with Crippen LogP contribution in [0.25, 0.3) is 0 Å². The van der Waals surface area contributed by atoms with Crippen LogP contribution in [0.3, 0.4) is 0 Å². The maximum Gasteiger partial charge on any atom is 0.225 e. The number of carbonyl (C=O) groups excluding carboxylic acids is 2. The molecule has 0 spiro atoms. The second-order valence-electron chi connectivity index (χ2n) is 4.26. The van der Waals surface area contributed by atoms with E-state index in [0.717, 1.165) is 3.57 Å². The van der Waals surface area contributed by atoms with Gasteiger partial charge >= 0.3 is 0 Å². The Morgan fingerprint density at radius 2 is 1.81 bits per heavy atom. The van der Waals surface area contributed by atoms with E-state index in [0.29, 0.717) is 5.69 Å². The van der Waals surface area contributed by atoms with Gasteiger partial charge in [0.15, 0.2) is 0 Å². The second kappa shape index (κ2) is 5.53. The Kier molecular flexibility index (Phi) is 3.73. The van der Waals surface area contributed by atoms with Crippen LogP contribution in [-0.4, -0.2) is 21.5 Å². The lowest BCUT2D eigenvalue weighted by Crippen LogP contribution is -2.25. The number of ketones is 2. The first-order valence-corrected chi connectivity index (χ1v) is 7.35. The molecule has 1 aliphatic carbocycles. The van der Waals surface area contributed by atoms with Gasteiger partial charge in [0.05, 0.1) is 5.56 Å². The van der Waals surface area contributed by atoms with E-state index in [1.165, 1.54) is 12.5 Å². The summed E-state index contributed by atoms with van der Waals surface area (Å²) >= 11 is 8.20. The summed E-state index contributed by atoms with van der Waals surface area (Å²) in [6.07, 6.45) is 2.53. The van der Waals surface area contributed by atoms with Crippen LogP contribution in [-0.2, 0) is 0 Å². The van der Waals surface area contributed by atoms with E-state index in [9.17, 15) is 9.59 Å². The number of hydrogen-bond acceptors (Lipinski definition) is 5. The Balaban J connectivity index is 2.02. The van der Waals surface area contributed by atoms with Gasteiger partial charge in [-0.05, 0) is 46.9 Å². The number of fused-ring (bicyclic) bond motifs is 1. The van der Waals surface area contributed by atoms with Gasteiger partial charge in [-0.2, -0.15) is 0 Å². The second-order valence-corrected chi connectivity index (χ2v) is 5.89. The smallest absolute Gasteiger partial charge is 0.225 e. The fraction of sp³-hybridized carbons (Fsp3) is 0. The summed E-state index contributed by atoms with van der Waals surface area (Å²) in [5, 5.41) is 2.74. The molecular weight excluding hydrogens is 405 g/mol. The highest BCUT2D eigenvalue weighted by atomic mass is 127. The van der Waals surface area contributed by atoms with Crippen molar-refractivity contribution in [2.24, 2.45) is 0 Å². The Hall–Kier alpha value is -1.80. The Labute approximate surface area is 138 Å². The van der Waals surface area contributed by atoms with Crippen LogP contribution in [0, 0.1) is 3.57 Å². The van der Waals surface area contributed by atoms with Gasteiger partial charge in [0.2, 0.25) is 11.6 Å². The molecule has 1 N–H and O–H groups in total. The largest absolute Gasteiger partial charge is 0.351 e. The number of nitrogens with zero attached hydrogens (tertiary/aromatic N) is 2. The fourth-order valence-corrected chi connectivity index (χ4v) is 2.50. The van der Waals surface area contributed by atoms with Gasteiger partial charge < -0.3 is 5.32 Å². The molecule has 0 atom stereocenters. The first-order valence-electron chi connectivity index (χ1n) is 5.89. The molecule has 0 aliphatic heterocycles. The number of allylic oxidation sites excluding steroid dienone is 2. The van der Waals surface area contributed by atoms with Crippen LogP contribution in [0.15, 0.2) is 47.5 Å². The highest BCUT2D eigenvalue weighted by Crippen LogP contribution is 2.27. The van der Waals surface area contributed by atoms with Crippen LogP contribution >= 0.6 is 34.2 Å². The van der Waals surface area contributed by atoms with Crippen molar-refractivity contribution in [1.29, 1.82) is 0 Å². The van der Waals surface area contributed by atoms with Gasteiger partial charge in [0, 0.05) is 15.5 Å². The minimum absolute atomic E-state index is 0.0353. The molecule has 0 fully saturated rings. The molecule has 0 saturated heterocycles. The normalized spacial score (nSPS) is 14.2. The lowest BCUT2D eigenvalue weighted by atomic mass is 9.98. The summed E-state index contributed by atoms with van der Waals surface area (Å²) < 4.78 is 1.06. The topological polar surface area (TPSA) is 72.0 Å². The minimum atomic E-state index is -0.485. The van der Waals surface area contributed by atoms with Crippen molar-refractivity contribution >= 4 is 51.4 Å². The van der Waals surface area contributed by atoms with Gasteiger partial charge in [0.1, 0.15) is 22.8 Å². The average Bonchev–Trinajstić information content (AvgIpc) is 2.51. The molecule has 1 aromatic heterocycles. The molecule has 0 unspecified atom stereocenters. The van der Waals surface area contributed by atoms with E-state index < -0.39 is 11.6 Å². The quantitative estimate of drug-likeness (QED) is 0.769. The number of anilines is 1. The number of nitrogens with one attached hydrogen (secondary N) is 1. The van der Waals surface area contributed by atoms with Crippen molar-refractivity contribution in [3.8, 4) is 0 Å². The first kappa shape index (κ1) is 14.2. The highest BCUT2D eigenvalue weighted by Gasteiger charge is 2.32. The van der Waals surface area contributed by atoms with Crippen molar-refractivity contribution < 1.29 is 9.59 Å². The molecule has 0 radical (unpaired) electrons. The average molecular weight is 412 g/mol. The number of rotatable bonds is 2. The number of carbonyl (C=O) groups is 2. The van der Waals surface area contributed by atoms with E-state index in [1.807, 2.05) is 12.1 Å². The molecule has 1 aromatic carbocycles. The van der Waals surface area contributed by atoms with E-state index >= 15 is 0 Å². The zero-order valence-corrected chi connectivity index (χ0v) is 13.3. The van der Waals surface area contributed by atoms with Crippen LogP contribution < -0.4 is 5.32 Å². The lowest BCUT2D eigenvalue weighted by molar-refractivity contribution is 0.0977. The van der Waals surface area contributed by atoms with Gasteiger partial charge in [-0.1, -0.05) is 11.6 Å². The van der Waals surface area contributed by atoms with Crippen molar-refractivity contribution in [2.75, 3.05) is 5.32 Å². The van der Waals surface area contributed by atoms with Crippen molar-refractivity contribution in [2.45, 2.75) is 0 Å². The molecule has 0 bridgehead atoms. The van der Waals surface area contributed by atoms with E-state index in [2.05, 4.69) is 37.9 Å². The fourth-order valence-electron chi connectivity index (χ4n) is 1.92.